The zero-order valence-corrected chi connectivity index (χ0v) is 12.0. The van der Waals surface area contributed by atoms with Crippen LogP contribution in [0, 0.1) is 0 Å². The van der Waals surface area contributed by atoms with Crippen molar-refractivity contribution in [3.63, 3.8) is 0 Å². The molecule has 1 aliphatic rings. The molecule has 1 saturated heterocycles. The number of piperidine rings is 1. The van der Waals surface area contributed by atoms with Crippen LogP contribution in [-0.4, -0.2) is 44.9 Å². The maximum absolute atomic E-state index is 11.9. The van der Waals surface area contributed by atoms with Crippen LogP contribution >= 0.6 is 0 Å². The number of nitrogens with zero attached hydrogens (tertiary/aromatic N) is 3. The number of carbonyl (C=O) groups is 1. The van der Waals surface area contributed by atoms with Gasteiger partial charge in [-0.3, -0.25) is 4.79 Å². The summed E-state index contributed by atoms with van der Waals surface area (Å²) in [6.45, 7) is 3.39. The molecule has 2 aromatic rings. The molecule has 110 valence electrons. The Morgan fingerprint density at radius 2 is 2.43 bits per heavy atom. The van der Waals surface area contributed by atoms with Gasteiger partial charge in [-0.05, 0) is 31.9 Å². The molecule has 0 aliphatic carbocycles. The summed E-state index contributed by atoms with van der Waals surface area (Å²) >= 11 is 0. The van der Waals surface area contributed by atoms with Crippen LogP contribution in [0.2, 0.25) is 0 Å². The number of rotatable bonds is 3. The number of aromatic amines is 1. The van der Waals surface area contributed by atoms with Crippen LogP contribution in [0.1, 0.15) is 19.8 Å². The van der Waals surface area contributed by atoms with Crippen molar-refractivity contribution >= 4 is 22.8 Å². The van der Waals surface area contributed by atoms with E-state index in [2.05, 4.69) is 20.3 Å². The van der Waals surface area contributed by atoms with Crippen molar-refractivity contribution < 1.29 is 4.79 Å². The minimum Gasteiger partial charge on any atom is -0.365 e. The third-order valence-electron chi connectivity index (χ3n) is 3.74. The van der Waals surface area contributed by atoms with Gasteiger partial charge < -0.3 is 15.2 Å². The summed E-state index contributed by atoms with van der Waals surface area (Å²) in [4.78, 5) is 25.4. The molecule has 1 aliphatic heterocycles. The highest BCUT2D eigenvalue weighted by atomic mass is 16.2. The molecule has 21 heavy (non-hydrogen) atoms. The Bertz CT molecular complexity index is 663. The van der Waals surface area contributed by atoms with E-state index in [4.69, 9.17) is 0 Å². The minimum absolute atomic E-state index is 0.0819. The standard InChI is InChI=1S/C15H19N5O/c1-2-4-13(21)20-8-3-5-11(9-20)19-15-12-6-7-16-14(12)17-10-18-15/h2,4,6-7,10-11H,3,5,8-9H2,1H3,(H2,16,17,18,19)/b4-2+/t11-/m1/s1. The van der Waals surface area contributed by atoms with Gasteiger partial charge in [0.1, 0.15) is 17.8 Å². The van der Waals surface area contributed by atoms with E-state index < -0.39 is 0 Å². The molecule has 6 heteroatoms. The van der Waals surface area contributed by atoms with Gasteiger partial charge in [0.05, 0.1) is 5.39 Å². The van der Waals surface area contributed by atoms with Crippen molar-refractivity contribution in [1.82, 2.24) is 19.9 Å². The average molecular weight is 285 g/mol. The second kappa shape index (κ2) is 5.95. The van der Waals surface area contributed by atoms with E-state index in [1.54, 1.807) is 18.5 Å². The Hall–Kier alpha value is -2.37. The molecule has 2 aromatic heterocycles. The molecule has 3 rings (SSSR count). The average Bonchev–Trinajstić information content (AvgIpc) is 2.97. The summed E-state index contributed by atoms with van der Waals surface area (Å²) in [5.74, 6) is 0.907. The number of hydrogen-bond donors (Lipinski definition) is 2. The second-order valence-corrected chi connectivity index (χ2v) is 5.23. The van der Waals surface area contributed by atoms with Gasteiger partial charge >= 0.3 is 0 Å². The third kappa shape index (κ3) is 2.89. The molecular formula is C15H19N5O. The van der Waals surface area contributed by atoms with Crippen LogP contribution in [0.15, 0.2) is 30.7 Å². The van der Waals surface area contributed by atoms with Gasteiger partial charge in [-0.1, -0.05) is 6.08 Å². The summed E-state index contributed by atoms with van der Waals surface area (Å²) < 4.78 is 0. The fourth-order valence-electron chi connectivity index (χ4n) is 2.72. The SMILES string of the molecule is C/C=C/C(=O)N1CCC[C@@H](Nc2ncnc3[nH]ccc23)C1. The van der Waals surface area contributed by atoms with Crippen molar-refractivity contribution in [3.05, 3.63) is 30.7 Å². The van der Waals surface area contributed by atoms with Gasteiger partial charge in [0.2, 0.25) is 5.91 Å². The molecule has 1 fully saturated rings. The fraction of sp³-hybridized carbons (Fsp3) is 0.400. The Labute approximate surface area is 123 Å². The topological polar surface area (TPSA) is 73.9 Å². The molecule has 2 N–H and O–H groups in total. The molecule has 1 atom stereocenters. The molecule has 3 heterocycles. The number of amides is 1. The van der Waals surface area contributed by atoms with E-state index >= 15 is 0 Å². The van der Waals surface area contributed by atoms with Crippen molar-refractivity contribution in [2.45, 2.75) is 25.8 Å². The molecule has 0 radical (unpaired) electrons. The van der Waals surface area contributed by atoms with Gasteiger partial charge in [-0.2, -0.15) is 0 Å². The first kappa shape index (κ1) is 13.6. The number of aromatic nitrogens is 3. The van der Waals surface area contributed by atoms with Gasteiger partial charge in [-0.25, -0.2) is 9.97 Å². The summed E-state index contributed by atoms with van der Waals surface area (Å²) in [7, 11) is 0. The van der Waals surface area contributed by atoms with Crippen LogP contribution in [0.3, 0.4) is 0 Å². The van der Waals surface area contributed by atoms with E-state index in [0.29, 0.717) is 6.54 Å². The Kier molecular flexibility index (Phi) is 3.85. The van der Waals surface area contributed by atoms with E-state index in [1.807, 2.05) is 24.1 Å². The minimum atomic E-state index is 0.0819. The summed E-state index contributed by atoms with van der Waals surface area (Å²) in [6.07, 6.45) is 8.85. The van der Waals surface area contributed by atoms with Crippen LogP contribution in [0.5, 0.6) is 0 Å². The molecule has 0 bridgehead atoms. The Morgan fingerprint density at radius 3 is 3.29 bits per heavy atom. The van der Waals surface area contributed by atoms with Gasteiger partial charge in [0.25, 0.3) is 0 Å². The summed E-state index contributed by atoms with van der Waals surface area (Å²) in [5.41, 5.74) is 0.824. The molecule has 0 aromatic carbocycles. The number of anilines is 1. The fourth-order valence-corrected chi connectivity index (χ4v) is 2.72. The maximum Gasteiger partial charge on any atom is 0.246 e. The second-order valence-electron chi connectivity index (χ2n) is 5.23. The molecule has 6 nitrogen and oxygen atoms in total. The monoisotopic (exact) mass is 285 g/mol. The first-order valence-electron chi connectivity index (χ1n) is 7.24. The van der Waals surface area contributed by atoms with Gasteiger partial charge in [0, 0.05) is 25.3 Å². The van der Waals surface area contributed by atoms with E-state index in [1.165, 1.54) is 0 Å². The zero-order valence-electron chi connectivity index (χ0n) is 12.0. The highest BCUT2D eigenvalue weighted by molar-refractivity contribution is 5.88. The summed E-state index contributed by atoms with van der Waals surface area (Å²) in [6, 6.07) is 2.18. The van der Waals surface area contributed by atoms with Crippen molar-refractivity contribution in [2.75, 3.05) is 18.4 Å². The number of nitrogens with one attached hydrogen (secondary N) is 2. The van der Waals surface area contributed by atoms with Crippen LogP contribution in [0.4, 0.5) is 5.82 Å². The van der Waals surface area contributed by atoms with Crippen molar-refractivity contribution in [3.8, 4) is 0 Å². The first-order chi connectivity index (χ1) is 10.3. The number of allylic oxidation sites excluding steroid dienone is 1. The van der Waals surface area contributed by atoms with Crippen LogP contribution in [-0.2, 0) is 4.79 Å². The third-order valence-corrected chi connectivity index (χ3v) is 3.74. The van der Waals surface area contributed by atoms with Crippen molar-refractivity contribution in [1.29, 1.82) is 0 Å². The normalized spacial score (nSPS) is 19.3. The smallest absolute Gasteiger partial charge is 0.246 e. The Balaban J connectivity index is 1.72. The lowest BCUT2D eigenvalue weighted by molar-refractivity contribution is -0.127. The lowest BCUT2D eigenvalue weighted by atomic mass is 10.1. The van der Waals surface area contributed by atoms with E-state index in [0.717, 1.165) is 36.2 Å². The van der Waals surface area contributed by atoms with E-state index in [-0.39, 0.29) is 11.9 Å². The number of likely N-dealkylation sites (tertiary alicyclic amines) is 1. The lowest BCUT2D eigenvalue weighted by Gasteiger charge is -2.32. The summed E-state index contributed by atoms with van der Waals surface area (Å²) in [5, 5.41) is 4.43. The number of fused-ring (bicyclic) bond motifs is 1. The number of hydrogen-bond acceptors (Lipinski definition) is 4. The molecular weight excluding hydrogens is 266 g/mol. The Morgan fingerprint density at radius 1 is 1.52 bits per heavy atom. The van der Waals surface area contributed by atoms with Crippen LogP contribution < -0.4 is 5.32 Å². The first-order valence-corrected chi connectivity index (χ1v) is 7.24. The quantitative estimate of drug-likeness (QED) is 0.845. The molecule has 0 spiro atoms. The predicted octanol–water partition coefficient (Wildman–Crippen LogP) is 1.94. The zero-order chi connectivity index (χ0) is 14.7. The molecule has 1 amide bonds. The lowest BCUT2D eigenvalue weighted by Crippen LogP contribution is -2.44. The highest BCUT2D eigenvalue weighted by Crippen LogP contribution is 2.21. The van der Waals surface area contributed by atoms with Crippen LogP contribution in [0.25, 0.3) is 11.0 Å². The molecule has 0 unspecified atom stereocenters. The van der Waals surface area contributed by atoms with E-state index in [9.17, 15) is 4.79 Å². The predicted molar refractivity (Wildman–Crippen MR) is 81.9 cm³/mol. The highest BCUT2D eigenvalue weighted by Gasteiger charge is 2.23. The van der Waals surface area contributed by atoms with Gasteiger partial charge in [0.15, 0.2) is 0 Å². The van der Waals surface area contributed by atoms with Crippen molar-refractivity contribution in [2.24, 2.45) is 0 Å². The number of H-pyrrole nitrogens is 1. The maximum atomic E-state index is 11.9. The molecule has 0 saturated carbocycles. The van der Waals surface area contributed by atoms with Gasteiger partial charge in [-0.15, -0.1) is 0 Å². The largest absolute Gasteiger partial charge is 0.365 e. The number of carbonyl (C=O) groups excluding carboxylic acids is 1.